The first-order chi connectivity index (χ1) is 11.0. The molecule has 1 aromatic carbocycles. The molecule has 3 rings (SSSR count). The zero-order valence-electron chi connectivity index (χ0n) is 12.1. The minimum absolute atomic E-state index is 0.0418. The van der Waals surface area contributed by atoms with Gasteiger partial charge in [-0.05, 0) is 24.3 Å². The van der Waals surface area contributed by atoms with Crippen molar-refractivity contribution in [1.82, 2.24) is 9.38 Å². The van der Waals surface area contributed by atoms with Crippen LogP contribution in [-0.4, -0.2) is 38.6 Å². The number of carboxylic acids is 1. The molecule has 0 saturated heterocycles. The van der Waals surface area contributed by atoms with Crippen molar-refractivity contribution in [1.29, 1.82) is 0 Å². The van der Waals surface area contributed by atoms with Crippen LogP contribution < -0.4 is 0 Å². The number of pyridine rings is 1. The number of imidazole rings is 1. The van der Waals surface area contributed by atoms with Crippen molar-refractivity contribution >= 4 is 17.5 Å². The number of phenolic OH excluding ortho intramolecular Hbond substituents is 1. The van der Waals surface area contributed by atoms with Crippen LogP contribution >= 0.6 is 0 Å². The molecule has 0 fully saturated rings. The van der Waals surface area contributed by atoms with Crippen molar-refractivity contribution in [2.24, 2.45) is 0 Å². The lowest BCUT2D eigenvalue weighted by Crippen LogP contribution is -2.06. The van der Waals surface area contributed by atoms with E-state index < -0.39 is 11.9 Å². The van der Waals surface area contributed by atoms with E-state index in [1.54, 1.807) is 30.5 Å². The number of aromatic carboxylic acids is 1. The summed E-state index contributed by atoms with van der Waals surface area (Å²) in [6.45, 7) is 0. The number of hydrogen-bond acceptors (Lipinski definition) is 5. The van der Waals surface area contributed by atoms with Crippen LogP contribution in [-0.2, 0) is 4.74 Å². The number of aromatic nitrogens is 2. The number of hydrogen-bond donors (Lipinski definition) is 2. The average molecular weight is 312 g/mol. The van der Waals surface area contributed by atoms with Gasteiger partial charge in [-0.3, -0.25) is 4.40 Å². The SMILES string of the molecule is COC(=O)c1cccn2c(-c3ccccc3O)nc(C(=O)O)c12. The molecule has 2 aromatic heterocycles. The van der Waals surface area contributed by atoms with Crippen LogP contribution in [0.25, 0.3) is 16.9 Å². The molecule has 0 aliphatic rings. The molecule has 0 aliphatic carbocycles. The highest BCUT2D eigenvalue weighted by atomic mass is 16.5. The number of benzene rings is 1. The maximum atomic E-state index is 11.9. The summed E-state index contributed by atoms with van der Waals surface area (Å²) in [5, 5.41) is 19.4. The number of phenols is 1. The van der Waals surface area contributed by atoms with Gasteiger partial charge >= 0.3 is 11.9 Å². The number of fused-ring (bicyclic) bond motifs is 1. The number of esters is 1. The van der Waals surface area contributed by atoms with E-state index in [1.807, 2.05) is 0 Å². The van der Waals surface area contributed by atoms with Crippen molar-refractivity contribution in [2.45, 2.75) is 0 Å². The van der Waals surface area contributed by atoms with Crippen LogP contribution in [0, 0.1) is 0 Å². The molecule has 3 aromatic rings. The topological polar surface area (TPSA) is 101 Å². The second-order valence-corrected chi connectivity index (χ2v) is 4.74. The van der Waals surface area contributed by atoms with Crippen LogP contribution in [0.15, 0.2) is 42.6 Å². The number of methoxy groups -OCH3 is 1. The predicted octanol–water partition coefficient (Wildman–Crippen LogP) is 2.19. The summed E-state index contributed by atoms with van der Waals surface area (Å²) in [6.07, 6.45) is 1.57. The van der Waals surface area contributed by atoms with Crippen molar-refractivity contribution < 1.29 is 24.5 Å². The standard InChI is InChI=1S/C16H12N2O5/c1-23-16(22)10-6-4-8-18-13(10)12(15(20)21)17-14(18)9-5-2-3-7-11(9)19/h2-8,19H,1H3,(H,20,21). The van der Waals surface area contributed by atoms with Crippen LogP contribution in [0.5, 0.6) is 5.75 Å². The molecule has 7 nitrogen and oxygen atoms in total. The van der Waals surface area contributed by atoms with Gasteiger partial charge in [0.25, 0.3) is 0 Å². The van der Waals surface area contributed by atoms with Crippen LogP contribution in [0.3, 0.4) is 0 Å². The molecule has 0 radical (unpaired) electrons. The van der Waals surface area contributed by atoms with Gasteiger partial charge in [-0.2, -0.15) is 0 Å². The lowest BCUT2D eigenvalue weighted by Gasteiger charge is -2.06. The van der Waals surface area contributed by atoms with Gasteiger partial charge in [0.1, 0.15) is 11.6 Å². The van der Waals surface area contributed by atoms with Gasteiger partial charge in [-0.15, -0.1) is 0 Å². The first-order valence-electron chi connectivity index (χ1n) is 6.65. The summed E-state index contributed by atoms with van der Waals surface area (Å²) in [7, 11) is 1.21. The molecule has 2 heterocycles. The van der Waals surface area contributed by atoms with Gasteiger partial charge in [0.15, 0.2) is 5.69 Å². The minimum atomic E-state index is -1.28. The number of para-hydroxylation sites is 1. The fraction of sp³-hybridized carbons (Fsp3) is 0.0625. The Kier molecular flexibility index (Phi) is 3.46. The third kappa shape index (κ3) is 2.28. The molecule has 0 atom stereocenters. The van der Waals surface area contributed by atoms with Crippen molar-refractivity contribution in [3.63, 3.8) is 0 Å². The quantitative estimate of drug-likeness (QED) is 0.719. The lowest BCUT2D eigenvalue weighted by atomic mass is 10.2. The molecule has 0 saturated carbocycles. The molecule has 0 amide bonds. The minimum Gasteiger partial charge on any atom is -0.507 e. The molecule has 0 bridgehead atoms. The summed E-state index contributed by atoms with van der Waals surface area (Å²) in [5.74, 6) is -1.76. The fourth-order valence-corrected chi connectivity index (χ4v) is 2.42. The normalized spacial score (nSPS) is 10.7. The van der Waals surface area contributed by atoms with E-state index in [-0.39, 0.29) is 28.3 Å². The van der Waals surface area contributed by atoms with E-state index in [0.717, 1.165) is 0 Å². The monoisotopic (exact) mass is 312 g/mol. The second kappa shape index (κ2) is 5.45. The van der Waals surface area contributed by atoms with Crippen LogP contribution in [0.2, 0.25) is 0 Å². The molecule has 7 heteroatoms. The number of carboxylic acid groups (broad SMARTS) is 1. The number of nitrogens with zero attached hydrogens (tertiary/aromatic N) is 2. The first-order valence-corrected chi connectivity index (χ1v) is 6.65. The Balaban J connectivity index is 2.41. The van der Waals surface area contributed by atoms with E-state index >= 15 is 0 Å². The Morgan fingerprint density at radius 1 is 1.17 bits per heavy atom. The van der Waals surface area contributed by atoms with Gasteiger partial charge < -0.3 is 14.9 Å². The largest absolute Gasteiger partial charge is 0.507 e. The zero-order chi connectivity index (χ0) is 16.6. The van der Waals surface area contributed by atoms with E-state index in [2.05, 4.69) is 4.98 Å². The summed E-state index contributed by atoms with van der Waals surface area (Å²) < 4.78 is 6.14. The fourth-order valence-electron chi connectivity index (χ4n) is 2.42. The van der Waals surface area contributed by atoms with Gasteiger partial charge in [-0.1, -0.05) is 12.1 Å². The van der Waals surface area contributed by atoms with Crippen molar-refractivity contribution in [2.75, 3.05) is 7.11 Å². The smallest absolute Gasteiger partial charge is 0.356 e. The molecule has 0 unspecified atom stereocenters. The maximum absolute atomic E-state index is 11.9. The van der Waals surface area contributed by atoms with E-state index in [0.29, 0.717) is 5.56 Å². The molecule has 116 valence electrons. The molecule has 23 heavy (non-hydrogen) atoms. The number of ether oxygens (including phenoxy) is 1. The third-order valence-corrected chi connectivity index (χ3v) is 3.42. The van der Waals surface area contributed by atoms with Crippen molar-refractivity contribution in [3.8, 4) is 17.1 Å². The summed E-state index contributed by atoms with van der Waals surface area (Å²) in [6, 6.07) is 9.47. The zero-order valence-corrected chi connectivity index (χ0v) is 12.1. The molecule has 0 spiro atoms. The summed E-state index contributed by atoms with van der Waals surface area (Å²) in [4.78, 5) is 27.5. The van der Waals surface area contributed by atoms with E-state index in [4.69, 9.17) is 4.74 Å². The van der Waals surface area contributed by atoms with Gasteiger partial charge in [0.05, 0.1) is 23.8 Å². The second-order valence-electron chi connectivity index (χ2n) is 4.74. The third-order valence-electron chi connectivity index (χ3n) is 3.42. The maximum Gasteiger partial charge on any atom is 0.356 e. The molecule has 2 N–H and O–H groups in total. The van der Waals surface area contributed by atoms with Crippen molar-refractivity contribution in [3.05, 3.63) is 53.9 Å². The van der Waals surface area contributed by atoms with Gasteiger partial charge in [-0.25, -0.2) is 14.6 Å². The highest BCUT2D eigenvalue weighted by Gasteiger charge is 2.24. The Morgan fingerprint density at radius 2 is 1.91 bits per heavy atom. The summed E-state index contributed by atoms with van der Waals surface area (Å²) >= 11 is 0. The first kappa shape index (κ1) is 14.6. The van der Waals surface area contributed by atoms with E-state index in [1.165, 1.54) is 23.6 Å². The number of aromatic hydroxyl groups is 1. The molecular weight excluding hydrogens is 300 g/mol. The Morgan fingerprint density at radius 3 is 2.57 bits per heavy atom. The highest BCUT2D eigenvalue weighted by molar-refractivity contribution is 6.05. The van der Waals surface area contributed by atoms with Gasteiger partial charge in [0, 0.05) is 6.20 Å². The summed E-state index contributed by atoms with van der Waals surface area (Å²) in [5.41, 5.74) is 0.271. The van der Waals surface area contributed by atoms with Crippen LogP contribution in [0.1, 0.15) is 20.8 Å². The number of rotatable bonds is 3. The lowest BCUT2D eigenvalue weighted by molar-refractivity contribution is 0.0602. The number of carbonyl (C=O) groups is 2. The van der Waals surface area contributed by atoms with Gasteiger partial charge in [0.2, 0.25) is 0 Å². The highest BCUT2D eigenvalue weighted by Crippen LogP contribution is 2.31. The molecular formula is C16H12N2O5. The Labute approximate surface area is 130 Å². The Hall–Kier alpha value is -3.35. The predicted molar refractivity (Wildman–Crippen MR) is 80.6 cm³/mol. The molecule has 0 aliphatic heterocycles. The Bertz CT molecular complexity index is 929. The number of carbonyl (C=O) groups excluding carboxylic acids is 1. The van der Waals surface area contributed by atoms with E-state index in [9.17, 15) is 19.8 Å². The van der Waals surface area contributed by atoms with Crippen LogP contribution in [0.4, 0.5) is 0 Å². The average Bonchev–Trinajstić information content (AvgIpc) is 2.94.